The lowest BCUT2D eigenvalue weighted by molar-refractivity contribution is -0.290. The average molecular weight is 630 g/mol. The number of benzene rings is 2. The van der Waals surface area contributed by atoms with Gasteiger partial charge in [-0.1, -0.05) is 57.2 Å². The Labute approximate surface area is 250 Å². The molecule has 0 saturated carbocycles. The van der Waals surface area contributed by atoms with Gasteiger partial charge in [0.1, 0.15) is 4.87 Å². The molecule has 4 rings (SSSR count). The van der Waals surface area contributed by atoms with Crippen molar-refractivity contribution in [2.45, 2.75) is 100 Å². The zero-order chi connectivity index (χ0) is 31.8. The third kappa shape index (κ3) is 6.61. The number of rotatable bonds is 9. The number of aryl methyl sites for hydroxylation is 1. The fraction of sp³-hybridized carbons (Fsp3) is 0.581. The number of nitrogens with zero attached hydrogens (tertiary/aromatic N) is 1. The summed E-state index contributed by atoms with van der Waals surface area (Å²) in [5, 5.41) is 3.44. The predicted molar refractivity (Wildman–Crippen MR) is 154 cm³/mol. The average Bonchev–Trinajstić information content (AvgIpc) is 2.91. The summed E-state index contributed by atoms with van der Waals surface area (Å²) in [6, 6.07) is 8.78. The molecule has 1 aliphatic carbocycles. The summed E-state index contributed by atoms with van der Waals surface area (Å²) in [6.07, 6.45) is -4.00. The number of likely N-dealkylation sites (tertiary alicyclic amines) is 1. The van der Waals surface area contributed by atoms with Gasteiger partial charge in [-0.15, -0.1) is 0 Å². The van der Waals surface area contributed by atoms with E-state index in [1.54, 1.807) is 4.90 Å². The molecule has 6 nitrogen and oxygen atoms in total. The molecule has 0 spiro atoms. The summed E-state index contributed by atoms with van der Waals surface area (Å²) >= 11 is 0. The van der Waals surface area contributed by atoms with E-state index in [-0.39, 0.29) is 18.4 Å². The lowest BCUT2D eigenvalue weighted by Crippen LogP contribution is -2.60. The van der Waals surface area contributed by atoms with Gasteiger partial charge in [-0.25, -0.2) is 8.42 Å². The van der Waals surface area contributed by atoms with Crippen molar-refractivity contribution < 1.29 is 35.2 Å². The van der Waals surface area contributed by atoms with Crippen molar-refractivity contribution in [3.63, 3.8) is 0 Å². The van der Waals surface area contributed by atoms with Crippen molar-refractivity contribution in [1.82, 2.24) is 10.2 Å². The number of hydrogen-bond donors (Lipinski definition) is 2. The van der Waals surface area contributed by atoms with E-state index in [1.165, 1.54) is 0 Å². The first-order chi connectivity index (χ1) is 19.9. The number of carbonyl (C=O) groups is 1. The Balaban J connectivity index is 1.81. The maximum atomic E-state index is 14.7. The molecule has 0 aromatic heterocycles. The van der Waals surface area contributed by atoms with Crippen molar-refractivity contribution in [2.75, 3.05) is 13.1 Å². The van der Waals surface area contributed by atoms with Crippen LogP contribution in [0.3, 0.4) is 0 Å². The Morgan fingerprint density at radius 2 is 1.74 bits per heavy atom. The van der Waals surface area contributed by atoms with Crippen LogP contribution in [0.2, 0.25) is 0 Å². The molecule has 1 heterocycles. The van der Waals surface area contributed by atoms with E-state index in [1.807, 2.05) is 12.1 Å². The molecule has 2 aliphatic rings. The van der Waals surface area contributed by atoms with E-state index in [2.05, 4.69) is 32.2 Å². The van der Waals surface area contributed by atoms with Gasteiger partial charge in [0.15, 0.2) is 9.84 Å². The van der Waals surface area contributed by atoms with E-state index in [0.29, 0.717) is 38.3 Å². The number of hydrogen-bond acceptors (Lipinski definition) is 5. The van der Waals surface area contributed by atoms with Crippen molar-refractivity contribution in [1.29, 1.82) is 0 Å². The van der Waals surface area contributed by atoms with Crippen molar-refractivity contribution in [3.05, 3.63) is 64.7 Å². The summed E-state index contributed by atoms with van der Waals surface area (Å²) in [6.45, 7) is 8.05. The van der Waals surface area contributed by atoms with E-state index in [9.17, 15) is 35.2 Å². The Bertz CT molecular complexity index is 1440. The number of primary amides is 1. The van der Waals surface area contributed by atoms with Crippen LogP contribution < -0.4 is 11.1 Å². The Kier molecular flexibility index (Phi) is 9.36. The van der Waals surface area contributed by atoms with E-state index < -0.39 is 55.6 Å². The van der Waals surface area contributed by atoms with Gasteiger partial charge in [-0.2, -0.15) is 22.0 Å². The molecule has 43 heavy (non-hydrogen) atoms. The highest BCUT2D eigenvalue weighted by molar-refractivity contribution is 7.92. The largest absolute Gasteiger partial charge is 0.458 e. The predicted octanol–water partition coefficient (Wildman–Crippen LogP) is 6.39. The molecule has 2 atom stereocenters. The monoisotopic (exact) mass is 629 g/mol. The second-order valence-corrected chi connectivity index (χ2v) is 15.1. The first-order valence-electron chi connectivity index (χ1n) is 14.6. The molecule has 2 aromatic rings. The molecule has 1 amide bonds. The highest BCUT2D eigenvalue weighted by Crippen LogP contribution is 2.51. The second-order valence-electron chi connectivity index (χ2n) is 12.9. The zero-order valence-electron chi connectivity index (χ0n) is 24.7. The second kappa shape index (κ2) is 12.1. The maximum Gasteiger partial charge on any atom is 0.458 e. The van der Waals surface area contributed by atoms with Crippen LogP contribution in [-0.4, -0.2) is 43.4 Å². The molecule has 12 heteroatoms. The summed E-state index contributed by atoms with van der Waals surface area (Å²) in [5.74, 6) is -6.41. The number of carbonyl (C=O) groups excluding carboxylic acids is 1. The van der Waals surface area contributed by atoms with Crippen LogP contribution in [0.4, 0.5) is 22.0 Å². The number of sulfone groups is 1. The summed E-state index contributed by atoms with van der Waals surface area (Å²) in [4.78, 5) is 10.9. The van der Waals surface area contributed by atoms with E-state index >= 15 is 0 Å². The lowest BCUT2D eigenvalue weighted by Gasteiger charge is -2.51. The first-order valence-corrected chi connectivity index (χ1v) is 16.1. The molecule has 2 unspecified atom stereocenters. The van der Waals surface area contributed by atoms with Gasteiger partial charge in [0.2, 0.25) is 5.91 Å². The SMILES string of the molecule is CC(C)(C)CNCc1ccc2c(c1)CCCC2N1CCCCC1(CC(N)=O)S(=O)(=O)c1ccccc1C(F)(F)C(F)(F)F. The Morgan fingerprint density at radius 3 is 2.40 bits per heavy atom. The minimum Gasteiger partial charge on any atom is -0.370 e. The van der Waals surface area contributed by atoms with Crippen LogP contribution in [0.1, 0.15) is 87.6 Å². The van der Waals surface area contributed by atoms with Crippen LogP contribution in [-0.2, 0) is 33.5 Å². The van der Waals surface area contributed by atoms with Gasteiger partial charge in [0.05, 0.1) is 11.3 Å². The molecule has 0 bridgehead atoms. The number of nitrogens with two attached hydrogens (primary N) is 1. The summed E-state index contributed by atoms with van der Waals surface area (Å²) < 4.78 is 99.0. The fourth-order valence-corrected chi connectivity index (χ4v) is 8.92. The number of halogens is 5. The quantitative estimate of drug-likeness (QED) is 0.314. The smallest absolute Gasteiger partial charge is 0.370 e. The van der Waals surface area contributed by atoms with Gasteiger partial charge < -0.3 is 11.1 Å². The molecule has 3 N–H and O–H groups in total. The molecular formula is C31H40F5N3O3S. The van der Waals surface area contributed by atoms with Crippen LogP contribution in [0.15, 0.2) is 47.4 Å². The van der Waals surface area contributed by atoms with Crippen molar-refractivity contribution in [2.24, 2.45) is 11.1 Å². The minimum absolute atomic E-state index is 0.103. The zero-order valence-corrected chi connectivity index (χ0v) is 25.6. The first kappa shape index (κ1) is 33.3. The van der Waals surface area contributed by atoms with Crippen molar-refractivity contribution >= 4 is 15.7 Å². The highest BCUT2D eigenvalue weighted by Gasteiger charge is 2.62. The van der Waals surface area contributed by atoms with Gasteiger partial charge in [-0.05, 0) is 66.7 Å². The number of amides is 1. The van der Waals surface area contributed by atoms with Gasteiger partial charge in [0.25, 0.3) is 0 Å². The summed E-state index contributed by atoms with van der Waals surface area (Å²) in [5.41, 5.74) is 6.98. The molecular weight excluding hydrogens is 589 g/mol. The number of piperidine rings is 1. The minimum atomic E-state index is -6.02. The van der Waals surface area contributed by atoms with Crippen LogP contribution in [0, 0.1) is 5.41 Å². The third-order valence-electron chi connectivity index (χ3n) is 8.41. The Hall–Kier alpha value is -2.57. The maximum absolute atomic E-state index is 14.7. The van der Waals surface area contributed by atoms with E-state index in [0.717, 1.165) is 47.9 Å². The topological polar surface area (TPSA) is 92.5 Å². The molecule has 1 fully saturated rings. The highest BCUT2D eigenvalue weighted by atomic mass is 32.2. The normalized spacial score (nSPS) is 22.3. The standard InChI is InChI=1S/C31H40F5N3O3S/c1-28(2,3)20-38-19-21-13-14-23-22(17-21)9-8-11-25(23)39-16-7-6-15-29(39,18-27(37)40)43(41,42)26-12-5-4-10-24(26)30(32,33)31(34,35)36/h4-5,10,12-14,17,25,38H,6-9,11,15-16,18-20H2,1-3H3,(H2,37,40). The van der Waals surface area contributed by atoms with Gasteiger partial charge in [-0.3, -0.25) is 9.69 Å². The molecule has 1 saturated heterocycles. The third-order valence-corrected chi connectivity index (χ3v) is 10.9. The molecule has 0 radical (unpaired) electrons. The number of nitrogens with one attached hydrogen (secondary N) is 1. The lowest BCUT2D eigenvalue weighted by atomic mass is 9.83. The van der Waals surface area contributed by atoms with Crippen LogP contribution in [0.25, 0.3) is 0 Å². The van der Waals surface area contributed by atoms with E-state index in [4.69, 9.17) is 5.73 Å². The summed E-state index contributed by atoms with van der Waals surface area (Å²) in [7, 11) is -4.99. The fourth-order valence-electron chi connectivity index (χ4n) is 6.49. The van der Waals surface area contributed by atoms with Crippen LogP contribution in [0.5, 0.6) is 0 Å². The van der Waals surface area contributed by atoms with Crippen molar-refractivity contribution in [3.8, 4) is 0 Å². The molecule has 2 aromatic carbocycles. The Morgan fingerprint density at radius 1 is 1.05 bits per heavy atom. The molecule has 1 aliphatic heterocycles. The molecule has 238 valence electrons. The van der Waals surface area contributed by atoms with Gasteiger partial charge in [0, 0.05) is 31.2 Å². The van der Waals surface area contributed by atoms with Crippen LogP contribution >= 0.6 is 0 Å². The number of fused-ring (bicyclic) bond motifs is 1. The number of alkyl halides is 5. The van der Waals surface area contributed by atoms with Gasteiger partial charge >= 0.3 is 12.1 Å².